The van der Waals surface area contributed by atoms with Gasteiger partial charge in [0.2, 0.25) is 0 Å². The van der Waals surface area contributed by atoms with E-state index in [9.17, 15) is 0 Å². The fourth-order valence-electron chi connectivity index (χ4n) is 3.37. The molecule has 0 radical (unpaired) electrons. The third-order valence-corrected chi connectivity index (χ3v) is 4.65. The van der Waals surface area contributed by atoms with Gasteiger partial charge in [-0.1, -0.05) is 18.2 Å². The van der Waals surface area contributed by atoms with Gasteiger partial charge < -0.3 is 10.2 Å². The number of likely N-dealkylation sites (N-methyl/N-ethyl adjacent to an activating group) is 3. The van der Waals surface area contributed by atoms with Gasteiger partial charge in [0.25, 0.3) is 0 Å². The van der Waals surface area contributed by atoms with Gasteiger partial charge in [-0.2, -0.15) is 0 Å². The topological polar surface area (TPSA) is 31.4 Å². The minimum atomic E-state index is 0.311. The number of nitrogens with one attached hydrogen (secondary N) is 1. The number of fused-ring (bicyclic) bond motifs is 1. The van der Waals surface area contributed by atoms with Crippen molar-refractivity contribution in [1.82, 2.24) is 20.1 Å². The Balaban J connectivity index is 2.01. The summed E-state index contributed by atoms with van der Waals surface area (Å²) in [6.07, 6.45) is 3.85. The molecule has 3 rings (SSSR count). The van der Waals surface area contributed by atoms with E-state index in [1.54, 1.807) is 0 Å². The van der Waals surface area contributed by atoms with E-state index in [4.69, 9.17) is 0 Å². The van der Waals surface area contributed by atoms with Crippen LogP contribution in [0.2, 0.25) is 0 Å². The maximum atomic E-state index is 4.32. The first-order chi connectivity index (χ1) is 10.2. The summed E-state index contributed by atoms with van der Waals surface area (Å²) in [5, 5.41) is 6.04. The van der Waals surface area contributed by atoms with E-state index in [1.165, 1.54) is 16.3 Å². The zero-order valence-electron chi connectivity index (χ0n) is 13.1. The van der Waals surface area contributed by atoms with Gasteiger partial charge in [0.1, 0.15) is 0 Å². The molecule has 1 aromatic carbocycles. The summed E-state index contributed by atoms with van der Waals surface area (Å²) >= 11 is 0. The summed E-state index contributed by atoms with van der Waals surface area (Å²) in [7, 11) is 6.49. The van der Waals surface area contributed by atoms with Crippen LogP contribution in [0.1, 0.15) is 11.6 Å². The summed E-state index contributed by atoms with van der Waals surface area (Å²) in [5.41, 5.74) is 1.34. The Hall–Kier alpha value is -1.49. The molecular weight excluding hydrogens is 260 g/mol. The Kier molecular flexibility index (Phi) is 4.19. The largest absolute Gasteiger partial charge is 0.312 e. The second-order valence-corrected chi connectivity index (χ2v) is 6.02. The molecule has 4 heteroatoms. The van der Waals surface area contributed by atoms with Crippen molar-refractivity contribution in [3.63, 3.8) is 0 Å². The molecule has 0 saturated carbocycles. The van der Waals surface area contributed by atoms with Crippen molar-refractivity contribution in [2.45, 2.75) is 12.1 Å². The molecule has 0 bridgehead atoms. The first-order valence-corrected chi connectivity index (χ1v) is 7.59. The maximum absolute atomic E-state index is 4.32. The molecule has 1 aromatic heterocycles. The highest BCUT2D eigenvalue weighted by Gasteiger charge is 2.30. The minimum Gasteiger partial charge on any atom is -0.312 e. The predicted molar refractivity (Wildman–Crippen MR) is 87.5 cm³/mol. The molecule has 2 aromatic rings. The fourth-order valence-corrected chi connectivity index (χ4v) is 3.37. The van der Waals surface area contributed by atoms with Crippen molar-refractivity contribution in [2.75, 3.05) is 40.8 Å². The molecule has 0 aliphatic carbocycles. The molecule has 0 amide bonds. The fraction of sp³-hybridized carbons (Fsp3) is 0.471. The van der Waals surface area contributed by atoms with Crippen LogP contribution in [0, 0.1) is 0 Å². The van der Waals surface area contributed by atoms with Gasteiger partial charge in [-0.15, -0.1) is 0 Å². The van der Waals surface area contributed by atoms with Crippen molar-refractivity contribution < 1.29 is 0 Å². The van der Waals surface area contributed by atoms with E-state index < -0.39 is 0 Å². The summed E-state index contributed by atoms with van der Waals surface area (Å²) < 4.78 is 0. The van der Waals surface area contributed by atoms with Crippen molar-refractivity contribution in [1.29, 1.82) is 0 Å². The Morgan fingerprint density at radius 3 is 2.90 bits per heavy atom. The summed E-state index contributed by atoms with van der Waals surface area (Å²) in [6.45, 7) is 3.33. The number of hydrogen-bond donors (Lipinski definition) is 1. The highest BCUT2D eigenvalue weighted by Crippen LogP contribution is 2.28. The van der Waals surface area contributed by atoms with Gasteiger partial charge in [0.15, 0.2) is 0 Å². The van der Waals surface area contributed by atoms with Crippen molar-refractivity contribution in [3.8, 4) is 0 Å². The molecule has 1 aliphatic rings. The number of benzene rings is 1. The van der Waals surface area contributed by atoms with E-state index >= 15 is 0 Å². The van der Waals surface area contributed by atoms with Crippen LogP contribution in [0.3, 0.4) is 0 Å². The highest BCUT2D eigenvalue weighted by atomic mass is 15.3. The van der Waals surface area contributed by atoms with Gasteiger partial charge in [0, 0.05) is 49.5 Å². The molecule has 4 nitrogen and oxygen atoms in total. The summed E-state index contributed by atoms with van der Waals surface area (Å²) in [6, 6.07) is 9.40. The molecule has 2 atom stereocenters. The number of pyridine rings is 1. The second-order valence-electron chi connectivity index (χ2n) is 6.02. The van der Waals surface area contributed by atoms with Crippen LogP contribution in [0.5, 0.6) is 0 Å². The highest BCUT2D eigenvalue weighted by molar-refractivity contribution is 5.85. The van der Waals surface area contributed by atoms with Crippen LogP contribution in [0.15, 0.2) is 36.7 Å². The lowest BCUT2D eigenvalue weighted by molar-refractivity contribution is 0.0900. The smallest absolute Gasteiger partial charge is 0.0494 e. The lowest BCUT2D eigenvalue weighted by Crippen LogP contribution is -2.54. The molecule has 1 fully saturated rings. The van der Waals surface area contributed by atoms with Crippen LogP contribution < -0.4 is 5.32 Å². The van der Waals surface area contributed by atoms with Gasteiger partial charge in [-0.05, 0) is 38.2 Å². The molecular formula is C17H24N4. The molecule has 1 N–H and O–H groups in total. The van der Waals surface area contributed by atoms with E-state index in [0.717, 1.165) is 19.6 Å². The van der Waals surface area contributed by atoms with Crippen molar-refractivity contribution in [3.05, 3.63) is 42.2 Å². The monoisotopic (exact) mass is 284 g/mol. The number of aromatic nitrogens is 1. The average molecular weight is 284 g/mol. The number of rotatable bonds is 3. The third kappa shape index (κ3) is 2.79. The first-order valence-electron chi connectivity index (χ1n) is 7.59. The van der Waals surface area contributed by atoms with Gasteiger partial charge in [-0.25, -0.2) is 0 Å². The lowest BCUT2D eigenvalue weighted by Gasteiger charge is -2.42. The van der Waals surface area contributed by atoms with Crippen LogP contribution >= 0.6 is 0 Å². The molecule has 1 aliphatic heterocycles. The lowest BCUT2D eigenvalue weighted by atomic mass is 9.93. The molecule has 21 heavy (non-hydrogen) atoms. The first kappa shape index (κ1) is 14.4. The van der Waals surface area contributed by atoms with E-state index in [0.29, 0.717) is 12.1 Å². The van der Waals surface area contributed by atoms with Crippen LogP contribution in [-0.4, -0.2) is 61.6 Å². The maximum Gasteiger partial charge on any atom is 0.0494 e. The average Bonchev–Trinajstić information content (AvgIpc) is 2.51. The van der Waals surface area contributed by atoms with Crippen molar-refractivity contribution >= 4 is 10.8 Å². The van der Waals surface area contributed by atoms with E-state index in [-0.39, 0.29) is 0 Å². The number of piperazine rings is 1. The normalized spacial score (nSPS) is 22.5. The van der Waals surface area contributed by atoms with E-state index in [2.05, 4.69) is 65.5 Å². The zero-order chi connectivity index (χ0) is 14.8. The number of hydrogen-bond acceptors (Lipinski definition) is 4. The SMILES string of the molecule is CNC(c1cccc2ccncc12)C1CN(C)CCN1C. The predicted octanol–water partition coefficient (Wildman–Crippen LogP) is 1.74. The van der Waals surface area contributed by atoms with Gasteiger partial charge >= 0.3 is 0 Å². The Labute approximate surface area is 126 Å². The standard InChI is InChI=1S/C17H24N4/c1-18-17(16-12-20(2)9-10-21(16)3)14-6-4-5-13-7-8-19-11-15(13)14/h4-8,11,16-18H,9-10,12H2,1-3H3. The minimum absolute atomic E-state index is 0.311. The zero-order valence-corrected chi connectivity index (χ0v) is 13.1. The molecule has 0 spiro atoms. The van der Waals surface area contributed by atoms with Gasteiger partial charge in [0.05, 0.1) is 0 Å². The Morgan fingerprint density at radius 1 is 1.24 bits per heavy atom. The summed E-state index contributed by atoms with van der Waals surface area (Å²) in [5.74, 6) is 0. The Bertz CT molecular complexity index is 607. The third-order valence-electron chi connectivity index (χ3n) is 4.65. The van der Waals surface area contributed by atoms with Crippen LogP contribution in [0.4, 0.5) is 0 Å². The molecule has 2 unspecified atom stereocenters. The van der Waals surface area contributed by atoms with Crippen LogP contribution in [-0.2, 0) is 0 Å². The van der Waals surface area contributed by atoms with Gasteiger partial charge in [-0.3, -0.25) is 9.88 Å². The van der Waals surface area contributed by atoms with Crippen LogP contribution in [0.25, 0.3) is 10.8 Å². The molecule has 1 saturated heterocycles. The quantitative estimate of drug-likeness (QED) is 0.930. The summed E-state index contributed by atoms with van der Waals surface area (Å²) in [4.78, 5) is 9.20. The number of nitrogens with zero attached hydrogens (tertiary/aromatic N) is 3. The Morgan fingerprint density at radius 2 is 2.10 bits per heavy atom. The van der Waals surface area contributed by atoms with E-state index in [1.807, 2.05) is 12.4 Å². The second kappa shape index (κ2) is 6.10. The molecule has 2 heterocycles. The molecule has 112 valence electrons. The van der Waals surface area contributed by atoms with Crippen molar-refractivity contribution in [2.24, 2.45) is 0 Å².